The molecule has 2 aromatic rings. The number of anilines is 2. The van der Waals surface area contributed by atoms with Crippen LogP contribution in [0.25, 0.3) is 11.1 Å². The van der Waals surface area contributed by atoms with Gasteiger partial charge in [-0.25, -0.2) is 0 Å². The first-order valence-electron chi connectivity index (χ1n) is 4.69. The van der Waals surface area contributed by atoms with E-state index in [0.717, 1.165) is 15.6 Å². The first-order valence-corrected chi connectivity index (χ1v) is 5.86. The number of nitrogens with two attached hydrogens (primary N) is 2. The molecule has 0 aliphatic rings. The molecule has 0 spiro atoms. The summed E-state index contributed by atoms with van der Waals surface area (Å²) >= 11 is 9.37. The van der Waals surface area contributed by atoms with Crippen molar-refractivity contribution in [1.29, 1.82) is 0 Å². The van der Waals surface area contributed by atoms with Crippen molar-refractivity contribution < 1.29 is 0 Å². The van der Waals surface area contributed by atoms with E-state index >= 15 is 0 Å². The molecule has 0 bridgehead atoms. The first-order chi connectivity index (χ1) is 7.59. The zero-order chi connectivity index (χ0) is 11.7. The Morgan fingerprint density at radius 1 is 1.00 bits per heavy atom. The summed E-state index contributed by atoms with van der Waals surface area (Å²) in [5, 5.41) is 0.624. The minimum Gasteiger partial charge on any atom is -0.398 e. The van der Waals surface area contributed by atoms with E-state index in [2.05, 4.69) is 15.9 Å². The van der Waals surface area contributed by atoms with E-state index in [9.17, 15) is 0 Å². The molecule has 0 fully saturated rings. The first kappa shape index (κ1) is 11.3. The van der Waals surface area contributed by atoms with Crippen LogP contribution in [0.5, 0.6) is 0 Å². The molecule has 0 aliphatic heterocycles. The molecule has 0 saturated carbocycles. The molecular formula is C12H10BrClN2. The van der Waals surface area contributed by atoms with Crippen molar-refractivity contribution in [3.8, 4) is 11.1 Å². The molecule has 0 atom stereocenters. The lowest BCUT2D eigenvalue weighted by molar-refractivity contribution is 1.58. The van der Waals surface area contributed by atoms with Gasteiger partial charge in [-0.3, -0.25) is 0 Å². The lowest BCUT2D eigenvalue weighted by atomic mass is 10.0. The van der Waals surface area contributed by atoms with Crippen LogP contribution < -0.4 is 11.5 Å². The Bertz CT molecular complexity index is 541. The Kier molecular flexibility index (Phi) is 3.08. The Morgan fingerprint density at radius 2 is 1.69 bits per heavy atom. The van der Waals surface area contributed by atoms with E-state index in [0.29, 0.717) is 16.4 Å². The van der Waals surface area contributed by atoms with Crippen molar-refractivity contribution in [3.05, 3.63) is 45.9 Å². The largest absolute Gasteiger partial charge is 0.398 e. The van der Waals surface area contributed by atoms with Gasteiger partial charge >= 0.3 is 0 Å². The fourth-order valence-electron chi connectivity index (χ4n) is 1.55. The van der Waals surface area contributed by atoms with Gasteiger partial charge < -0.3 is 11.5 Å². The number of para-hydroxylation sites is 1. The highest BCUT2D eigenvalue weighted by atomic mass is 79.9. The second kappa shape index (κ2) is 4.36. The van der Waals surface area contributed by atoms with Crippen molar-refractivity contribution >= 4 is 38.9 Å². The zero-order valence-electron chi connectivity index (χ0n) is 8.37. The minimum absolute atomic E-state index is 0.624. The van der Waals surface area contributed by atoms with E-state index in [1.807, 2.05) is 30.3 Å². The number of halogens is 2. The quantitative estimate of drug-likeness (QED) is 0.784. The van der Waals surface area contributed by atoms with Crippen LogP contribution in [0.1, 0.15) is 0 Å². The highest BCUT2D eigenvalue weighted by molar-refractivity contribution is 9.10. The van der Waals surface area contributed by atoms with Crippen LogP contribution in [-0.4, -0.2) is 0 Å². The predicted octanol–water partition coefficient (Wildman–Crippen LogP) is 3.93. The van der Waals surface area contributed by atoms with Gasteiger partial charge in [-0.2, -0.15) is 0 Å². The third-order valence-corrected chi connectivity index (χ3v) is 3.22. The van der Waals surface area contributed by atoms with Gasteiger partial charge in [0.1, 0.15) is 0 Å². The van der Waals surface area contributed by atoms with Gasteiger partial charge in [-0.05, 0) is 34.1 Å². The maximum absolute atomic E-state index is 6.00. The molecule has 2 rings (SSSR count). The Balaban J connectivity index is 2.69. The number of rotatable bonds is 1. The summed E-state index contributed by atoms with van der Waals surface area (Å²) in [6, 6.07) is 11.1. The van der Waals surface area contributed by atoms with E-state index < -0.39 is 0 Å². The maximum atomic E-state index is 6.00. The standard InChI is InChI=1S/C12H10BrClN2/c13-10-6-7(14)5-9(12(10)16)8-3-1-2-4-11(8)15/h1-6H,15-16H2. The van der Waals surface area contributed by atoms with Crippen LogP contribution in [0.2, 0.25) is 5.02 Å². The van der Waals surface area contributed by atoms with Crippen molar-refractivity contribution in [2.24, 2.45) is 0 Å². The van der Waals surface area contributed by atoms with E-state index in [-0.39, 0.29) is 0 Å². The highest BCUT2D eigenvalue weighted by Crippen LogP contribution is 2.37. The van der Waals surface area contributed by atoms with Gasteiger partial charge in [0.15, 0.2) is 0 Å². The average molecular weight is 298 g/mol. The SMILES string of the molecule is Nc1ccccc1-c1cc(Cl)cc(Br)c1N. The lowest BCUT2D eigenvalue weighted by Gasteiger charge is -2.10. The molecular weight excluding hydrogens is 288 g/mol. The molecule has 0 saturated heterocycles. The molecule has 0 aromatic heterocycles. The maximum Gasteiger partial charge on any atom is 0.0539 e. The monoisotopic (exact) mass is 296 g/mol. The van der Waals surface area contributed by atoms with Crippen LogP contribution in [0.4, 0.5) is 11.4 Å². The van der Waals surface area contributed by atoms with Crippen LogP contribution in [0, 0.1) is 0 Å². The molecule has 4 heteroatoms. The van der Waals surface area contributed by atoms with E-state index in [1.165, 1.54) is 0 Å². The summed E-state index contributed by atoms with van der Waals surface area (Å²) in [4.78, 5) is 0. The fourth-order valence-corrected chi connectivity index (χ4v) is 2.36. The van der Waals surface area contributed by atoms with Crippen LogP contribution in [0.15, 0.2) is 40.9 Å². The number of nitrogen functional groups attached to an aromatic ring is 2. The molecule has 4 N–H and O–H groups in total. The smallest absolute Gasteiger partial charge is 0.0539 e. The predicted molar refractivity (Wildman–Crippen MR) is 73.4 cm³/mol. The van der Waals surface area contributed by atoms with Gasteiger partial charge in [-0.1, -0.05) is 29.8 Å². The Hall–Kier alpha value is -1.19. The second-order valence-corrected chi connectivity index (χ2v) is 4.73. The molecule has 0 unspecified atom stereocenters. The Morgan fingerprint density at radius 3 is 2.38 bits per heavy atom. The number of hydrogen-bond acceptors (Lipinski definition) is 2. The zero-order valence-corrected chi connectivity index (χ0v) is 10.7. The van der Waals surface area contributed by atoms with Gasteiger partial charge in [0.2, 0.25) is 0 Å². The third kappa shape index (κ3) is 2.01. The average Bonchev–Trinajstić information content (AvgIpc) is 2.24. The molecule has 0 aliphatic carbocycles. The summed E-state index contributed by atoms with van der Waals surface area (Å²) in [5.74, 6) is 0. The van der Waals surface area contributed by atoms with Crippen molar-refractivity contribution in [1.82, 2.24) is 0 Å². The molecule has 0 amide bonds. The van der Waals surface area contributed by atoms with Gasteiger partial charge in [-0.15, -0.1) is 0 Å². The highest BCUT2D eigenvalue weighted by Gasteiger charge is 2.09. The van der Waals surface area contributed by atoms with Crippen LogP contribution in [-0.2, 0) is 0 Å². The molecule has 2 aromatic carbocycles. The van der Waals surface area contributed by atoms with Crippen molar-refractivity contribution in [3.63, 3.8) is 0 Å². The van der Waals surface area contributed by atoms with Crippen LogP contribution >= 0.6 is 27.5 Å². The summed E-state index contributed by atoms with van der Waals surface area (Å²) in [7, 11) is 0. The number of benzene rings is 2. The molecule has 2 nitrogen and oxygen atoms in total. The molecule has 0 radical (unpaired) electrons. The normalized spacial score (nSPS) is 10.4. The van der Waals surface area contributed by atoms with Crippen LogP contribution in [0.3, 0.4) is 0 Å². The second-order valence-electron chi connectivity index (χ2n) is 3.44. The van der Waals surface area contributed by atoms with E-state index in [1.54, 1.807) is 6.07 Å². The number of hydrogen-bond donors (Lipinski definition) is 2. The topological polar surface area (TPSA) is 52.0 Å². The molecule has 0 heterocycles. The van der Waals surface area contributed by atoms with Crippen molar-refractivity contribution in [2.75, 3.05) is 11.5 Å². The molecule has 16 heavy (non-hydrogen) atoms. The van der Waals surface area contributed by atoms with Gasteiger partial charge in [0.05, 0.1) is 5.69 Å². The lowest BCUT2D eigenvalue weighted by Crippen LogP contribution is -1.95. The molecule has 82 valence electrons. The van der Waals surface area contributed by atoms with Crippen molar-refractivity contribution in [2.45, 2.75) is 0 Å². The third-order valence-electron chi connectivity index (χ3n) is 2.35. The van der Waals surface area contributed by atoms with E-state index in [4.69, 9.17) is 23.1 Å². The summed E-state index contributed by atoms with van der Waals surface area (Å²) in [5.41, 5.74) is 15.0. The Labute approximate surface area is 107 Å². The summed E-state index contributed by atoms with van der Waals surface area (Å²) < 4.78 is 0.776. The minimum atomic E-state index is 0.624. The van der Waals surface area contributed by atoms with Gasteiger partial charge in [0.25, 0.3) is 0 Å². The summed E-state index contributed by atoms with van der Waals surface area (Å²) in [6.45, 7) is 0. The summed E-state index contributed by atoms with van der Waals surface area (Å²) in [6.07, 6.45) is 0. The fraction of sp³-hybridized carbons (Fsp3) is 0. The van der Waals surface area contributed by atoms with Gasteiger partial charge in [0, 0.05) is 26.3 Å².